The summed E-state index contributed by atoms with van der Waals surface area (Å²) in [4.78, 5) is 18.0. The predicted octanol–water partition coefficient (Wildman–Crippen LogP) is 7.05. The number of ketones is 1. The molecule has 0 aliphatic rings. The van der Waals surface area contributed by atoms with Crippen LogP contribution in [-0.2, 0) is 5.41 Å². The van der Waals surface area contributed by atoms with Crippen LogP contribution in [0, 0.1) is 12.8 Å². The smallest absolute Gasteiger partial charge is 0.184 e. The van der Waals surface area contributed by atoms with Gasteiger partial charge in [-0.25, -0.2) is 0 Å². The molecule has 0 fully saturated rings. The first-order valence-corrected chi connectivity index (χ1v) is 11.5. The van der Waals surface area contributed by atoms with Gasteiger partial charge in [-0.3, -0.25) is 9.79 Å². The lowest BCUT2D eigenvalue weighted by molar-refractivity contribution is 0.100. The third kappa shape index (κ3) is 5.31. The van der Waals surface area contributed by atoms with E-state index in [0.29, 0.717) is 11.1 Å². The van der Waals surface area contributed by atoms with Gasteiger partial charge in [-0.2, -0.15) is 0 Å². The fraction of sp³-hybridized carbons (Fsp3) is 0.333. The summed E-state index contributed by atoms with van der Waals surface area (Å²) in [5.74, 6) is 0.303. The Kier molecular flexibility index (Phi) is 6.80. The number of hydrogen-bond donors (Lipinski definition) is 1. The molecule has 31 heavy (non-hydrogen) atoms. The molecule has 1 heterocycles. The number of Topliss-reactive ketones (excluding diaryl/α,β-unsaturated/α-hetero) is 1. The summed E-state index contributed by atoms with van der Waals surface area (Å²) in [7, 11) is 0. The van der Waals surface area contributed by atoms with Crippen molar-refractivity contribution in [3.05, 3.63) is 76.2 Å². The number of carbonyl (C=O) groups is 1. The zero-order valence-corrected chi connectivity index (χ0v) is 20.0. The summed E-state index contributed by atoms with van der Waals surface area (Å²) in [6.45, 7) is 12.7. The van der Waals surface area contributed by atoms with Crippen LogP contribution in [0.15, 0.2) is 58.9 Å². The molecule has 0 aliphatic heterocycles. The number of aromatic hydroxyl groups is 1. The van der Waals surface area contributed by atoms with Crippen molar-refractivity contribution >= 4 is 22.8 Å². The standard InChI is InChI=1S/C27H31NO2S/c1-17(2)24(28-15-23(29)19-9-7-18(3)8-10-19)22-16-31-26(25(22)30)20-11-13-21(14-12-20)27(4,5)6/h7-14,16-17,30H,15H2,1-6H3. The quantitative estimate of drug-likeness (QED) is 0.334. The van der Waals surface area contributed by atoms with Crippen LogP contribution in [0.5, 0.6) is 5.75 Å². The van der Waals surface area contributed by atoms with Crippen molar-refractivity contribution in [1.82, 2.24) is 0 Å². The van der Waals surface area contributed by atoms with Gasteiger partial charge < -0.3 is 5.11 Å². The molecule has 3 aromatic rings. The van der Waals surface area contributed by atoms with Crippen LogP contribution < -0.4 is 0 Å². The van der Waals surface area contributed by atoms with E-state index in [4.69, 9.17) is 0 Å². The lowest BCUT2D eigenvalue weighted by Gasteiger charge is -2.19. The first-order chi connectivity index (χ1) is 14.6. The molecule has 0 radical (unpaired) electrons. The number of carbonyl (C=O) groups excluding carboxylic acids is 1. The van der Waals surface area contributed by atoms with E-state index in [1.165, 1.54) is 16.9 Å². The van der Waals surface area contributed by atoms with Crippen molar-refractivity contribution in [2.45, 2.75) is 47.0 Å². The van der Waals surface area contributed by atoms with E-state index in [1.807, 2.05) is 50.4 Å². The molecule has 0 aliphatic carbocycles. The number of aliphatic imine (C=N–C) groups is 1. The summed E-state index contributed by atoms with van der Waals surface area (Å²) in [6.07, 6.45) is 0. The van der Waals surface area contributed by atoms with E-state index in [-0.39, 0.29) is 29.4 Å². The maximum atomic E-state index is 12.6. The molecule has 2 aromatic carbocycles. The highest BCUT2D eigenvalue weighted by molar-refractivity contribution is 7.14. The molecule has 1 aromatic heterocycles. The SMILES string of the molecule is Cc1ccc(C(=O)CN=C(c2csc(-c3ccc(C(C)(C)C)cc3)c2O)C(C)C)cc1. The minimum absolute atomic E-state index is 0.0224. The summed E-state index contributed by atoms with van der Waals surface area (Å²) in [5, 5.41) is 12.9. The van der Waals surface area contributed by atoms with Crippen LogP contribution in [0.3, 0.4) is 0 Å². The summed E-state index contributed by atoms with van der Waals surface area (Å²) < 4.78 is 0. The van der Waals surface area contributed by atoms with Crippen LogP contribution in [-0.4, -0.2) is 23.1 Å². The number of nitrogens with zero attached hydrogens (tertiary/aromatic N) is 1. The van der Waals surface area contributed by atoms with Crippen LogP contribution in [0.4, 0.5) is 0 Å². The fourth-order valence-electron chi connectivity index (χ4n) is 3.43. The number of thiophene rings is 1. The summed E-state index contributed by atoms with van der Waals surface area (Å²) >= 11 is 1.50. The zero-order chi connectivity index (χ0) is 22.8. The van der Waals surface area contributed by atoms with Crippen LogP contribution in [0.25, 0.3) is 10.4 Å². The van der Waals surface area contributed by atoms with Crippen molar-refractivity contribution in [3.63, 3.8) is 0 Å². The average Bonchev–Trinajstić information content (AvgIpc) is 3.09. The van der Waals surface area contributed by atoms with Gasteiger partial charge in [0.15, 0.2) is 5.78 Å². The maximum absolute atomic E-state index is 12.6. The molecule has 3 rings (SSSR count). The van der Waals surface area contributed by atoms with Gasteiger partial charge in [-0.15, -0.1) is 11.3 Å². The summed E-state index contributed by atoms with van der Waals surface area (Å²) in [6, 6.07) is 15.9. The molecule has 0 amide bonds. The van der Waals surface area contributed by atoms with E-state index < -0.39 is 0 Å². The minimum Gasteiger partial charge on any atom is -0.506 e. The van der Waals surface area contributed by atoms with Crippen molar-refractivity contribution in [2.75, 3.05) is 6.54 Å². The number of rotatable bonds is 6. The van der Waals surface area contributed by atoms with Gasteiger partial charge >= 0.3 is 0 Å². The van der Waals surface area contributed by atoms with Crippen molar-refractivity contribution < 1.29 is 9.90 Å². The largest absolute Gasteiger partial charge is 0.506 e. The average molecular weight is 434 g/mol. The molecular formula is C27H31NO2S. The van der Waals surface area contributed by atoms with Gasteiger partial charge in [-0.05, 0) is 29.4 Å². The Balaban J connectivity index is 1.87. The topological polar surface area (TPSA) is 49.7 Å². The van der Waals surface area contributed by atoms with E-state index in [1.54, 1.807) is 0 Å². The first kappa shape index (κ1) is 23.0. The van der Waals surface area contributed by atoms with Gasteiger partial charge in [0.05, 0.1) is 4.88 Å². The van der Waals surface area contributed by atoms with Crippen LogP contribution in [0.2, 0.25) is 0 Å². The molecule has 1 N–H and O–H groups in total. The molecule has 0 spiro atoms. The van der Waals surface area contributed by atoms with E-state index in [9.17, 15) is 9.90 Å². The van der Waals surface area contributed by atoms with Crippen molar-refractivity contribution in [1.29, 1.82) is 0 Å². The normalized spacial score (nSPS) is 12.4. The number of benzene rings is 2. The Labute approximate surface area is 189 Å². The van der Waals surface area contributed by atoms with E-state index >= 15 is 0 Å². The Morgan fingerprint density at radius 2 is 1.65 bits per heavy atom. The fourth-order valence-corrected chi connectivity index (χ4v) is 4.39. The van der Waals surface area contributed by atoms with Gasteiger partial charge in [0.1, 0.15) is 12.3 Å². The molecule has 0 saturated heterocycles. The van der Waals surface area contributed by atoms with Gasteiger partial charge in [0, 0.05) is 22.2 Å². The Morgan fingerprint density at radius 1 is 1.03 bits per heavy atom. The molecule has 0 unspecified atom stereocenters. The van der Waals surface area contributed by atoms with Gasteiger partial charge in [0.2, 0.25) is 0 Å². The van der Waals surface area contributed by atoms with E-state index in [2.05, 4.69) is 50.0 Å². The second-order valence-corrected chi connectivity index (χ2v) is 10.2. The molecule has 0 bridgehead atoms. The molecule has 4 heteroatoms. The number of hydrogen-bond acceptors (Lipinski definition) is 4. The van der Waals surface area contributed by atoms with Crippen LogP contribution in [0.1, 0.15) is 61.7 Å². The molecule has 0 saturated carbocycles. The lowest BCUT2D eigenvalue weighted by atomic mass is 9.86. The first-order valence-electron chi connectivity index (χ1n) is 10.6. The van der Waals surface area contributed by atoms with Gasteiger partial charge in [0.25, 0.3) is 0 Å². The monoisotopic (exact) mass is 433 g/mol. The molecule has 162 valence electrons. The lowest BCUT2D eigenvalue weighted by Crippen LogP contribution is -2.13. The minimum atomic E-state index is -0.0224. The van der Waals surface area contributed by atoms with Crippen LogP contribution >= 0.6 is 11.3 Å². The highest BCUT2D eigenvalue weighted by atomic mass is 32.1. The van der Waals surface area contributed by atoms with E-state index in [0.717, 1.165) is 21.7 Å². The summed E-state index contributed by atoms with van der Waals surface area (Å²) in [5.41, 5.74) is 5.58. The Morgan fingerprint density at radius 3 is 2.19 bits per heavy atom. The Bertz CT molecular complexity index is 1080. The third-order valence-electron chi connectivity index (χ3n) is 5.37. The Hall–Kier alpha value is -2.72. The number of aryl methyl sites for hydroxylation is 1. The third-order valence-corrected chi connectivity index (χ3v) is 6.39. The highest BCUT2D eigenvalue weighted by Crippen LogP contribution is 2.40. The van der Waals surface area contributed by atoms with Crippen molar-refractivity contribution in [2.24, 2.45) is 10.9 Å². The molecular weight excluding hydrogens is 402 g/mol. The maximum Gasteiger partial charge on any atom is 0.184 e. The molecule has 3 nitrogen and oxygen atoms in total. The second kappa shape index (κ2) is 9.19. The predicted molar refractivity (Wildman–Crippen MR) is 132 cm³/mol. The van der Waals surface area contributed by atoms with Gasteiger partial charge in [-0.1, -0.05) is 88.7 Å². The highest BCUT2D eigenvalue weighted by Gasteiger charge is 2.20. The molecule has 0 atom stereocenters. The van der Waals surface area contributed by atoms with Crippen molar-refractivity contribution in [3.8, 4) is 16.2 Å². The second-order valence-electron chi connectivity index (χ2n) is 9.30. The zero-order valence-electron chi connectivity index (χ0n) is 19.2.